The van der Waals surface area contributed by atoms with Crippen molar-refractivity contribution in [1.29, 1.82) is 0 Å². The summed E-state index contributed by atoms with van der Waals surface area (Å²) in [5, 5.41) is 12.0. The first-order valence-corrected chi connectivity index (χ1v) is 7.05. The van der Waals surface area contributed by atoms with Gasteiger partial charge in [-0.15, -0.1) is 0 Å². The standard InChI is InChI=1S/C16H25NO3/c1-16(2,3)20-15(19)17-14(12-18)11-7-10-13-8-5-4-6-9-13/h4-6,8-9,14,18H,7,10-12H2,1-3H3,(H,17,19)/t14-/m1/s1. The van der Waals surface area contributed by atoms with Crippen LogP contribution in [0.1, 0.15) is 39.2 Å². The van der Waals surface area contributed by atoms with Gasteiger partial charge in [0.05, 0.1) is 12.6 Å². The Morgan fingerprint density at radius 2 is 1.95 bits per heavy atom. The van der Waals surface area contributed by atoms with Gasteiger partial charge in [-0.2, -0.15) is 0 Å². The zero-order chi connectivity index (χ0) is 15.0. The van der Waals surface area contributed by atoms with Crippen LogP contribution in [-0.2, 0) is 11.2 Å². The summed E-state index contributed by atoms with van der Waals surface area (Å²) in [7, 11) is 0. The van der Waals surface area contributed by atoms with Crippen molar-refractivity contribution < 1.29 is 14.6 Å². The summed E-state index contributed by atoms with van der Waals surface area (Å²) in [6.45, 7) is 5.37. The average Bonchev–Trinajstić information content (AvgIpc) is 2.36. The molecule has 20 heavy (non-hydrogen) atoms. The highest BCUT2D eigenvalue weighted by molar-refractivity contribution is 5.68. The smallest absolute Gasteiger partial charge is 0.407 e. The molecule has 1 rings (SSSR count). The summed E-state index contributed by atoms with van der Waals surface area (Å²) in [6.07, 6.45) is 2.10. The maximum absolute atomic E-state index is 11.6. The molecule has 1 aromatic rings. The van der Waals surface area contributed by atoms with Crippen LogP contribution in [0.5, 0.6) is 0 Å². The number of ether oxygens (including phenoxy) is 1. The Labute approximate surface area is 121 Å². The van der Waals surface area contributed by atoms with E-state index in [0.717, 1.165) is 19.3 Å². The van der Waals surface area contributed by atoms with Crippen LogP contribution in [-0.4, -0.2) is 29.4 Å². The van der Waals surface area contributed by atoms with Crippen LogP contribution in [0.2, 0.25) is 0 Å². The van der Waals surface area contributed by atoms with Gasteiger partial charge in [-0.3, -0.25) is 0 Å². The molecule has 0 aliphatic carbocycles. The monoisotopic (exact) mass is 279 g/mol. The largest absolute Gasteiger partial charge is 0.444 e. The highest BCUT2D eigenvalue weighted by Crippen LogP contribution is 2.09. The van der Waals surface area contributed by atoms with Crippen LogP contribution >= 0.6 is 0 Å². The minimum Gasteiger partial charge on any atom is -0.444 e. The summed E-state index contributed by atoms with van der Waals surface area (Å²) in [5.74, 6) is 0. The predicted octanol–water partition coefficient (Wildman–Crippen LogP) is 2.89. The van der Waals surface area contributed by atoms with Crippen LogP contribution in [0.3, 0.4) is 0 Å². The van der Waals surface area contributed by atoms with E-state index in [1.807, 2.05) is 39.0 Å². The number of rotatable bonds is 6. The third-order valence-electron chi connectivity index (χ3n) is 2.80. The van der Waals surface area contributed by atoms with Crippen molar-refractivity contribution in [2.24, 2.45) is 0 Å². The second kappa shape index (κ2) is 7.90. The fourth-order valence-electron chi connectivity index (χ4n) is 1.88. The molecular formula is C16H25NO3. The number of hydrogen-bond acceptors (Lipinski definition) is 3. The van der Waals surface area contributed by atoms with Crippen molar-refractivity contribution >= 4 is 6.09 Å². The van der Waals surface area contributed by atoms with Gasteiger partial charge < -0.3 is 15.2 Å². The Balaban J connectivity index is 2.31. The summed E-state index contributed by atoms with van der Waals surface area (Å²) in [5.41, 5.74) is 0.746. The number of benzene rings is 1. The minimum absolute atomic E-state index is 0.0754. The van der Waals surface area contributed by atoms with E-state index in [9.17, 15) is 9.90 Å². The van der Waals surface area contributed by atoms with E-state index in [0.29, 0.717) is 0 Å². The summed E-state index contributed by atoms with van der Waals surface area (Å²) >= 11 is 0. The van der Waals surface area contributed by atoms with E-state index < -0.39 is 11.7 Å². The van der Waals surface area contributed by atoms with Gasteiger partial charge in [-0.1, -0.05) is 30.3 Å². The lowest BCUT2D eigenvalue weighted by Crippen LogP contribution is -2.41. The Kier molecular flexibility index (Phi) is 6.52. The van der Waals surface area contributed by atoms with Crippen molar-refractivity contribution in [2.45, 2.75) is 51.7 Å². The molecule has 1 amide bonds. The molecule has 0 bridgehead atoms. The van der Waals surface area contributed by atoms with Gasteiger partial charge in [0, 0.05) is 0 Å². The maximum Gasteiger partial charge on any atom is 0.407 e. The van der Waals surface area contributed by atoms with Crippen LogP contribution < -0.4 is 5.32 Å². The first-order chi connectivity index (χ1) is 9.40. The summed E-state index contributed by atoms with van der Waals surface area (Å²) in [6, 6.07) is 9.91. The van der Waals surface area contributed by atoms with Crippen molar-refractivity contribution in [3.63, 3.8) is 0 Å². The van der Waals surface area contributed by atoms with Gasteiger partial charge >= 0.3 is 6.09 Å². The van der Waals surface area contributed by atoms with Gasteiger partial charge in [0.1, 0.15) is 5.60 Å². The van der Waals surface area contributed by atoms with Gasteiger partial charge in [0.2, 0.25) is 0 Å². The van der Waals surface area contributed by atoms with Crippen LogP contribution in [0.4, 0.5) is 4.79 Å². The second-order valence-electron chi connectivity index (χ2n) is 5.90. The zero-order valence-electron chi connectivity index (χ0n) is 12.6. The molecule has 0 saturated carbocycles. The molecule has 0 aromatic heterocycles. The van der Waals surface area contributed by atoms with Crippen LogP contribution in [0, 0.1) is 0 Å². The number of alkyl carbamates (subject to hydrolysis) is 1. The normalized spacial score (nSPS) is 12.8. The lowest BCUT2D eigenvalue weighted by Gasteiger charge is -2.22. The molecule has 1 aromatic carbocycles. The van der Waals surface area contributed by atoms with Gasteiger partial charge in [-0.05, 0) is 45.6 Å². The lowest BCUT2D eigenvalue weighted by atomic mass is 10.1. The molecule has 4 heteroatoms. The van der Waals surface area contributed by atoms with E-state index in [1.165, 1.54) is 5.56 Å². The Hall–Kier alpha value is -1.55. The number of aliphatic hydroxyl groups is 1. The Morgan fingerprint density at radius 1 is 1.30 bits per heavy atom. The van der Waals surface area contributed by atoms with E-state index >= 15 is 0 Å². The molecule has 1 atom stereocenters. The number of carbonyl (C=O) groups is 1. The predicted molar refractivity (Wildman–Crippen MR) is 79.6 cm³/mol. The second-order valence-corrected chi connectivity index (χ2v) is 5.90. The lowest BCUT2D eigenvalue weighted by molar-refractivity contribution is 0.0478. The van der Waals surface area contributed by atoms with E-state index in [-0.39, 0.29) is 12.6 Å². The third kappa shape index (κ3) is 7.14. The SMILES string of the molecule is CC(C)(C)OC(=O)N[C@@H](CO)CCCc1ccccc1. The first kappa shape index (κ1) is 16.5. The molecule has 0 fully saturated rings. The molecule has 0 unspecified atom stereocenters. The molecular weight excluding hydrogens is 254 g/mol. The first-order valence-electron chi connectivity index (χ1n) is 7.05. The minimum atomic E-state index is -0.520. The number of aryl methyl sites for hydroxylation is 1. The highest BCUT2D eigenvalue weighted by Gasteiger charge is 2.18. The zero-order valence-corrected chi connectivity index (χ0v) is 12.6. The molecule has 4 nitrogen and oxygen atoms in total. The number of aliphatic hydroxyl groups excluding tert-OH is 1. The van der Waals surface area contributed by atoms with Crippen molar-refractivity contribution in [2.75, 3.05) is 6.61 Å². The Bertz CT molecular complexity index is 398. The molecule has 112 valence electrons. The van der Waals surface area contributed by atoms with Gasteiger partial charge in [0.25, 0.3) is 0 Å². The fourth-order valence-corrected chi connectivity index (χ4v) is 1.88. The molecule has 0 heterocycles. The summed E-state index contributed by atoms with van der Waals surface area (Å²) in [4.78, 5) is 11.6. The number of hydrogen-bond donors (Lipinski definition) is 2. The number of nitrogens with one attached hydrogen (secondary N) is 1. The molecule has 0 saturated heterocycles. The maximum atomic E-state index is 11.6. The molecule has 0 aliphatic rings. The molecule has 0 aliphatic heterocycles. The fraction of sp³-hybridized carbons (Fsp3) is 0.562. The van der Waals surface area contributed by atoms with E-state index in [4.69, 9.17) is 4.74 Å². The van der Waals surface area contributed by atoms with Crippen molar-refractivity contribution in [3.05, 3.63) is 35.9 Å². The van der Waals surface area contributed by atoms with E-state index in [2.05, 4.69) is 17.4 Å². The van der Waals surface area contributed by atoms with Crippen molar-refractivity contribution in [3.8, 4) is 0 Å². The molecule has 2 N–H and O–H groups in total. The van der Waals surface area contributed by atoms with Crippen molar-refractivity contribution in [1.82, 2.24) is 5.32 Å². The summed E-state index contributed by atoms with van der Waals surface area (Å²) < 4.78 is 5.17. The van der Waals surface area contributed by atoms with Gasteiger partial charge in [-0.25, -0.2) is 4.79 Å². The molecule has 0 spiro atoms. The highest BCUT2D eigenvalue weighted by atomic mass is 16.6. The van der Waals surface area contributed by atoms with Crippen LogP contribution in [0.25, 0.3) is 0 Å². The van der Waals surface area contributed by atoms with Gasteiger partial charge in [0.15, 0.2) is 0 Å². The topological polar surface area (TPSA) is 58.6 Å². The third-order valence-corrected chi connectivity index (χ3v) is 2.80. The molecule has 0 radical (unpaired) electrons. The number of amides is 1. The van der Waals surface area contributed by atoms with E-state index in [1.54, 1.807) is 0 Å². The average molecular weight is 279 g/mol. The van der Waals surface area contributed by atoms with Crippen LogP contribution in [0.15, 0.2) is 30.3 Å². The quantitative estimate of drug-likeness (QED) is 0.841. The Morgan fingerprint density at radius 3 is 2.50 bits per heavy atom. The number of carbonyl (C=O) groups excluding carboxylic acids is 1.